The van der Waals surface area contributed by atoms with Gasteiger partial charge in [-0.2, -0.15) is 4.98 Å². The molecule has 0 atom stereocenters. The fourth-order valence-electron chi connectivity index (χ4n) is 2.68. The van der Waals surface area contributed by atoms with Crippen LogP contribution in [0.5, 0.6) is 11.5 Å². The van der Waals surface area contributed by atoms with Gasteiger partial charge in [0.05, 0.1) is 26.2 Å². The van der Waals surface area contributed by atoms with E-state index in [2.05, 4.69) is 10.1 Å². The number of methoxy groups -OCH3 is 2. The zero-order valence-corrected chi connectivity index (χ0v) is 16.3. The molecule has 0 saturated heterocycles. The Morgan fingerprint density at radius 2 is 1.86 bits per heavy atom. The number of rotatable bonds is 7. The normalized spacial score (nSPS) is 10.6. The molecule has 0 bridgehead atoms. The molecule has 0 fully saturated rings. The summed E-state index contributed by atoms with van der Waals surface area (Å²) in [5.74, 6) is 1.41. The number of hydrogen-bond donors (Lipinski definition) is 0. The van der Waals surface area contributed by atoms with E-state index in [1.165, 1.54) is 5.56 Å². The van der Waals surface area contributed by atoms with Gasteiger partial charge in [0.2, 0.25) is 5.82 Å². The molecule has 0 N–H and O–H groups in total. The molecule has 0 radical (unpaired) electrons. The first kappa shape index (κ1) is 19.4. The summed E-state index contributed by atoms with van der Waals surface area (Å²) in [6.45, 7) is 3.95. The third-order valence-electron chi connectivity index (χ3n) is 4.39. The fourth-order valence-corrected chi connectivity index (χ4v) is 2.68. The van der Waals surface area contributed by atoms with Gasteiger partial charge in [-0.05, 0) is 42.7 Å². The highest BCUT2D eigenvalue weighted by Crippen LogP contribution is 2.31. The second-order valence-electron chi connectivity index (χ2n) is 6.33. The molecule has 0 amide bonds. The van der Waals surface area contributed by atoms with Gasteiger partial charge in [-0.25, -0.2) is 0 Å². The molecule has 0 aliphatic rings. The Balaban J connectivity index is 1.63. The van der Waals surface area contributed by atoms with Gasteiger partial charge in [-0.15, -0.1) is 0 Å². The van der Waals surface area contributed by atoms with E-state index in [-0.39, 0.29) is 24.9 Å². The van der Waals surface area contributed by atoms with E-state index in [4.69, 9.17) is 18.7 Å². The van der Waals surface area contributed by atoms with Gasteiger partial charge in [0.15, 0.2) is 6.61 Å². The average Bonchev–Trinajstić information content (AvgIpc) is 3.17. The highest BCUT2D eigenvalue weighted by Gasteiger charge is 2.15. The van der Waals surface area contributed by atoms with Crippen LogP contribution in [0.4, 0.5) is 0 Å². The van der Waals surface area contributed by atoms with E-state index in [1.54, 1.807) is 32.4 Å². The molecule has 0 aliphatic carbocycles. The molecule has 1 aromatic heterocycles. The molecule has 0 spiro atoms. The average molecular weight is 382 g/mol. The van der Waals surface area contributed by atoms with Crippen molar-refractivity contribution in [3.8, 4) is 22.9 Å². The van der Waals surface area contributed by atoms with Gasteiger partial charge in [-0.3, -0.25) is 4.79 Å². The zero-order chi connectivity index (χ0) is 20.1. The van der Waals surface area contributed by atoms with E-state index in [1.807, 2.05) is 32.0 Å². The van der Waals surface area contributed by atoms with Crippen molar-refractivity contribution in [3.05, 3.63) is 59.0 Å². The summed E-state index contributed by atoms with van der Waals surface area (Å²) in [4.78, 5) is 16.4. The van der Waals surface area contributed by atoms with Crippen LogP contribution in [-0.4, -0.2) is 30.3 Å². The van der Waals surface area contributed by atoms with Crippen molar-refractivity contribution >= 4 is 5.97 Å². The lowest BCUT2D eigenvalue weighted by atomic mass is 10.0. The van der Waals surface area contributed by atoms with Crippen LogP contribution in [0.2, 0.25) is 0 Å². The summed E-state index contributed by atoms with van der Waals surface area (Å²) in [5.41, 5.74) is 3.88. The maximum absolute atomic E-state index is 12.1. The quantitative estimate of drug-likeness (QED) is 0.577. The van der Waals surface area contributed by atoms with Crippen LogP contribution in [-0.2, 0) is 22.6 Å². The van der Waals surface area contributed by atoms with Crippen molar-refractivity contribution in [1.29, 1.82) is 0 Å². The van der Waals surface area contributed by atoms with Crippen molar-refractivity contribution in [3.63, 3.8) is 0 Å². The standard InChI is InChI=1S/C21H22N2O5/c1-13-5-6-15(9-14(13)2)10-20(24)27-12-19-22-21(23-28-19)17-8-7-16(25-3)11-18(17)26-4/h5-9,11H,10,12H2,1-4H3. The number of ether oxygens (including phenoxy) is 3. The molecule has 3 aromatic rings. The Morgan fingerprint density at radius 3 is 2.57 bits per heavy atom. The first-order valence-corrected chi connectivity index (χ1v) is 8.77. The van der Waals surface area contributed by atoms with Crippen molar-refractivity contribution in [2.75, 3.05) is 14.2 Å². The number of esters is 1. The predicted molar refractivity (Wildman–Crippen MR) is 102 cm³/mol. The smallest absolute Gasteiger partial charge is 0.310 e. The number of carbonyl (C=O) groups is 1. The summed E-state index contributed by atoms with van der Waals surface area (Å²) in [5, 5.41) is 3.94. The number of hydrogen-bond acceptors (Lipinski definition) is 7. The topological polar surface area (TPSA) is 83.7 Å². The molecule has 0 aliphatic heterocycles. The monoisotopic (exact) mass is 382 g/mol. The summed E-state index contributed by atoms with van der Waals surface area (Å²) >= 11 is 0. The molecule has 2 aromatic carbocycles. The lowest BCUT2D eigenvalue weighted by Crippen LogP contribution is -2.08. The predicted octanol–water partition coefficient (Wildman–Crippen LogP) is 3.66. The Bertz CT molecular complexity index is 981. The Kier molecular flexibility index (Phi) is 5.93. The van der Waals surface area contributed by atoms with Crippen molar-refractivity contribution in [1.82, 2.24) is 10.1 Å². The van der Waals surface area contributed by atoms with E-state index in [0.717, 1.165) is 11.1 Å². The molecule has 7 heteroatoms. The summed E-state index contributed by atoms with van der Waals surface area (Å²) < 4.78 is 21.0. The lowest BCUT2D eigenvalue weighted by Gasteiger charge is -2.07. The minimum absolute atomic E-state index is 0.0881. The highest BCUT2D eigenvalue weighted by molar-refractivity contribution is 5.72. The van der Waals surface area contributed by atoms with Crippen molar-refractivity contribution in [2.45, 2.75) is 26.9 Å². The Labute approximate surface area is 163 Å². The summed E-state index contributed by atoms with van der Waals surface area (Å²) in [6.07, 6.45) is 0.189. The molecule has 146 valence electrons. The first-order valence-electron chi connectivity index (χ1n) is 8.77. The third-order valence-corrected chi connectivity index (χ3v) is 4.39. The minimum atomic E-state index is -0.356. The van der Waals surface area contributed by atoms with Crippen LogP contribution in [0.3, 0.4) is 0 Å². The van der Waals surface area contributed by atoms with Crippen LogP contribution in [0, 0.1) is 13.8 Å². The largest absolute Gasteiger partial charge is 0.497 e. The fraction of sp³-hybridized carbons (Fsp3) is 0.286. The van der Waals surface area contributed by atoms with Crippen LogP contribution >= 0.6 is 0 Å². The number of benzene rings is 2. The molecule has 0 saturated carbocycles. The Morgan fingerprint density at radius 1 is 1.04 bits per heavy atom. The number of carbonyl (C=O) groups excluding carboxylic acids is 1. The zero-order valence-electron chi connectivity index (χ0n) is 16.3. The SMILES string of the molecule is COc1ccc(-c2noc(COC(=O)Cc3ccc(C)c(C)c3)n2)c(OC)c1. The highest BCUT2D eigenvalue weighted by atomic mass is 16.6. The van der Waals surface area contributed by atoms with E-state index < -0.39 is 0 Å². The van der Waals surface area contributed by atoms with Gasteiger partial charge in [0.25, 0.3) is 5.89 Å². The van der Waals surface area contributed by atoms with Gasteiger partial charge in [0, 0.05) is 6.07 Å². The van der Waals surface area contributed by atoms with Crippen LogP contribution in [0.25, 0.3) is 11.4 Å². The van der Waals surface area contributed by atoms with Gasteiger partial charge in [0.1, 0.15) is 11.5 Å². The van der Waals surface area contributed by atoms with E-state index >= 15 is 0 Å². The van der Waals surface area contributed by atoms with Crippen LogP contribution < -0.4 is 9.47 Å². The molecule has 0 unspecified atom stereocenters. The van der Waals surface area contributed by atoms with E-state index in [0.29, 0.717) is 22.9 Å². The number of aryl methyl sites for hydroxylation is 2. The van der Waals surface area contributed by atoms with Gasteiger partial charge >= 0.3 is 5.97 Å². The second kappa shape index (κ2) is 8.56. The first-order chi connectivity index (χ1) is 13.5. The maximum atomic E-state index is 12.1. The van der Waals surface area contributed by atoms with Crippen LogP contribution in [0.15, 0.2) is 40.9 Å². The Hall–Kier alpha value is -3.35. The molecular weight excluding hydrogens is 360 g/mol. The molecule has 7 nitrogen and oxygen atoms in total. The maximum Gasteiger partial charge on any atom is 0.310 e. The minimum Gasteiger partial charge on any atom is -0.497 e. The molecule has 1 heterocycles. The third kappa shape index (κ3) is 4.49. The summed E-state index contributed by atoms with van der Waals surface area (Å²) in [7, 11) is 3.13. The van der Waals surface area contributed by atoms with Crippen molar-refractivity contribution in [2.24, 2.45) is 0 Å². The molecule has 3 rings (SSSR count). The van der Waals surface area contributed by atoms with Crippen molar-refractivity contribution < 1.29 is 23.5 Å². The van der Waals surface area contributed by atoms with Gasteiger partial charge < -0.3 is 18.7 Å². The second-order valence-corrected chi connectivity index (χ2v) is 6.33. The van der Waals surface area contributed by atoms with Gasteiger partial charge in [-0.1, -0.05) is 23.4 Å². The van der Waals surface area contributed by atoms with E-state index in [9.17, 15) is 4.79 Å². The molecule has 28 heavy (non-hydrogen) atoms. The number of nitrogens with zero attached hydrogens (tertiary/aromatic N) is 2. The molecular formula is C21H22N2O5. The number of aromatic nitrogens is 2. The van der Waals surface area contributed by atoms with Crippen LogP contribution in [0.1, 0.15) is 22.6 Å². The lowest BCUT2D eigenvalue weighted by molar-refractivity contribution is -0.144. The summed E-state index contributed by atoms with van der Waals surface area (Å²) in [6, 6.07) is 11.2.